The van der Waals surface area contributed by atoms with Gasteiger partial charge in [0.25, 0.3) is 0 Å². The Kier molecular flexibility index (Phi) is 4.76. The zero-order chi connectivity index (χ0) is 13.7. The predicted molar refractivity (Wildman–Crippen MR) is 75.8 cm³/mol. The molecule has 0 aliphatic heterocycles. The van der Waals surface area contributed by atoms with Gasteiger partial charge in [0, 0.05) is 20.1 Å². The average molecular weight is 265 g/mol. The maximum Gasteiger partial charge on any atom is 0.322 e. The molecule has 6 nitrogen and oxygen atoms in total. The second-order valence-corrected chi connectivity index (χ2v) is 5.01. The van der Waals surface area contributed by atoms with E-state index >= 15 is 0 Å². The van der Waals surface area contributed by atoms with E-state index in [4.69, 9.17) is 4.74 Å². The minimum Gasteiger partial charge on any atom is -0.467 e. The Morgan fingerprint density at radius 1 is 1.26 bits per heavy atom. The zero-order valence-electron chi connectivity index (χ0n) is 12.0. The highest BCUT2D eigenvalue weighted by Gasteiger charge is 2.19. The van der Waals surface area contributed by atoms with Crippen molar-refractivity contribution in [3.05, 3.63) is 0 Å². The number of aromatic nitrogens is 3. The van der Waals surface area contributed by atoms with Crippen molar-refractivity contribution in [1.82, 2.24) is 15.0 Å². The summed E-state index contributed by atoms with van der Waals surface area (Å²) in [6, 6.07) is 0.360. The van der Waals surface area contributed by atoms with Crippen LogP contribution in [0.4, 0.5) is 11.9 Å². The molecule has 0 amide bonds. The molecule has 0 atom stereocenters. The fourth-order valence-electron chi connectivity index (χ4n) is 2.51. The Balaban J connectivity index is 2.09. The molecule has 0 aromatic carbocycles. The molecule has 1 N–H and O–H groups in total. The first-order chi connectivity index (χ1) is 9.22. The number of ether oxygens (including phenoxy) is 1. The monoisotopic (exact) mass is 265 g/mol. The van der Waals surface area contributed by atoms with Crippen LogP contribution < -0.4 is 15.0 Å². The van der Waals surface area contributed by atoms with Gasteiger partial charge in [-0.25, -0.2) is 0 Å². The first kappa shape index (κ1) is 13.8. The topological polar surface area (TPSA) is 63.2 Å². The van der Waals surface area contributed by atoms with Crippen LogP contribution in [-0.4, -0.2) is 42.2 Å². The third-order valence-corrected chi connectivity index (χ3v) is 3.47. The summed E-state index contributed by atoms with van der Waals surface area (Å²) in [5, 5.41) is 3.10. The van der Waals surface area contributed by atoms with Crippen LogP contribution in [0.3, 0.4) is 0 Å². The molecule has 1 saturated carbocycles. The number of nitrogens with one attached hydrogen (secondary N) is 1. The summed E-state index contributed by atoms with van der Waals surface area (Å²) < 4.78 is 5.13. The first-order valence-corrected chi connectivity index (χ1v) is 6.98. The number of nitrogens with zero attached hydrogens (tertiary/aromatic N) is 4. The van der Waals surface area contributed by atoms with E-state index in [0.29, 0.717) is 17.9 Å². The minimum absolute atomic E-state index is 0.360. The van der Waals surface area contributed by atoms with E-state index in [1.807, 2.05) is 14.0 Å². The summed E-state index contributed by atoms with van der Waals surface area (Å²) in [6.07, 6.45) is 5.32. The van der Waals surface area contributed by atoms with Crippen molar-refractivity contribution in [2.24, 2.45) is 5.92 Å². The van der Waals surface area contributed by atoms with Crippen LogP contribution in [0, 0.1) is 5.92 Å². The van der Waals surface area contributed by atoms with Crippen molar-refractivity contribution in [3.8, 4) is 6.01 Å². The Labute approximate surface area is 114 Å². The lowest BCUT2D eigenvalue weighted by molar-refractivity contribution is 0.378. The zero-order valence-corrected chi connectivity index (χ0v) is 12.0. The molecule has 1 fully saturated rings. The van der Waals surface area contributed by atoms with Crippen LogP contribution >= 0.6 is 0 Å². The smallest absolute Gasteiger partial charge is 0.322 e. The van der Waals surface area contributed by atoms with Gasteiger partial charge in [0.1, 0.15) is 0 Å². The molecule has 0 unspecified atom stereocenters. The number of rotatable bonds is 6. The summed E-state index contributed by atoms with van der Waals surface area (Å²) in [5.41, 5.74) is 0. The number of hydrogen-bond acceptors (Lipinski definition) is 6. The summed E-state index contributed by atoms with van der Waals surface area (Å²) in [6.45, 7) is 3.79. The molecule has 1 aromatic rings. The number of anilines is 2. The molecule has 0 spiro atoms. The highest BCUT2D eigenvalue weighted by molar-refractivity contribution is 5.37. The Morgan fingerprint density at radius 3 is 2.63 bits per heavy atom. The Bertz CT molecular complexity index is 406. The normalized spacial score (nSPS) is 15.5. The van der Waals surface area contributed by atoms with Gasteiger partial charge >= 0.3 is 6.01 Å². The van der Waals surface area contributed by atoms with E-state index in [9.17, 15) is 0 Å². The summed E-state index contributed by atoms with van der Waals surface area (Å²) in [4.78, 5) is 15.0. The molecule has 0 radical (unpaired) electrons. The van der Waals surface area contributed by atoms with E-state index in [-0.39, 0.29) is 0 Å². The third kappa shape index (κ3) is 3.68. The van der Waals surface area contributed by atoms with E-state index in [0.717, 1.165) is 19.0 Å². The molecule has 1 aliphatic rings. The highest BCUT2D eigenvalue weighted by atomic mass is 16.5. The largest absolute Gasteiger partial charge is 0.467 e. The van der Waals surface area contributed by atoms with Crippen molar-refractivity contribution in [1.29, 1.82) is 0 Å². The summed E-state index contributed by atoms with van der Waals surface area (Å²) >= 11 is 0. The predicted octanol–water partition coefficient (Wildman–Crippen LogP) is 1.94. The van der Waals surface area contributed by atoms with Crippen molar-refractivity contribution in [2.75, 3.05) is 37.5 Å². The summed E-state index contributed by atoms with van der Waals surface area (Å²) in [5.74, 6) is 2.01. The Morgan fingerprint density at radius 2 is 2.00 bits per heavy atom. The molecule has 6 heteroatoms. The SMILES string of the molecule is CCNc1nc(OC)nc(N(C)CC2CCCC2)n1. The quantitative estimate of drug-likeness (QED) is 0.848. The number of hydrogen-bond donors (Lipinski definition) is 1. The lowest BCUT2D eigenvalue weighted by Gasteiger charge is -2.21. The van der Waals surface area contributed by atoms with E-state index < -0.39 is 0 Å². The molecule has 0 bridgehead atoms. The maximum atomic E-state index is 5.13. The minimum atomic E-state index is 0.360. The Hall–Kier alpha value is -1.59. The molecule has 106 valence electrons. The fraction of sp³-hybridized carbons (Fsp3) is 0.769. The van der Waals surface area contributed by atoms with Gasteiger partial charge in [-0.1, -0.05) is 12.8 Å². The maximum absolute atomic E-state index is 5.13. The standard InChI is InChI=1S/C13H23N5O/c1-4-14-11-15-12(17-13(16-11)19-3)18(2)9-10-7-5-6-8-10/h10H,4-9H2,1-3H3,(H,14,15,16,17). The molecule has 1 heterocycles. The fourth-order valence-corrected chi connectivity index (χ4v) is 2.51. The van der Waals surface area contributed by atoms with Crippen LogP contribution in [0.2, 0.25) is 0 Å². The van der Waals surface area contributed by atoms with Gasteiger partial charge in [0.05, 0.1) is 7.11 Å². The van der Waals surface area contributed by atoms with E-state index in [1.165, 1.54) is 25.7 Å². The molecule has 1 aromatic heterocycles. The van der Waals surface area contributed by atoms with Gasteiger partial charge in [-0.2, -0.15) is 15.0 Å². The van der Waals surface area contributed by atoms with Gasteiger partial charge in [0.2, 0.25) is 11.9 Å². The lowest BCUT2D eigenvalue weighted by atomic mass is 10.1. The van der Waals surface area contributed by atoms with Crippen LogP contribution in [0.15, 0.2) is 0 Å². The van der Waals surface area contributed by atoms with Gasteiger partial charge in [-0.3, -0.25) is 0 Å². The van der Waals surface area contributed by atoms with Crippen LogP contribution in [0.25, 0.3) is 0 Å². The number of methoxy groups -OCH3 is 1. The molecule has 19 heavy (non-hydrogen) atoms. The van der Waals surface area contributed by atoms with E-state index in [2.05, 4.69) is 25.2 Å². The van der Waals surface area contributed by atoms with Crippen LogP contribution in [0.5, 0.6) is 6.01 Å². The van der Waals surface area contributed by atoms with Gasteiger partial charge in [-0.05, 0) is 25.7 Å². The van der Waals surface area contributed by atoms with Crippen molar-refractivity contribution in [2.45, 2.75) is 32.6 Å². The second-order valence-electron chi connectivity index (χ2n) is 5.01. The van der Waals surface area contributed by atoms with Crippen LogP contribution in [0.1, 0.15) is 32.6 Å². The van der Waals surface area contributed by atoms with Gasteiger partial charge in [-0.15, -0.1) is 0 Å². The van der Waals surface area contributed by atoms with Crippen molar-refractivity contribution >= 4 is 11.9 Å². The average Bonchev–Trinajstić information content (AvgIpc) is 2.91. The summed E-state index contributed by atoms with van der Waals surface area (Å²) in [7, 11) is 3.61. The van der Waals surface area contributed by atoms with Crippen molar-refractivity contribution in [3.63, 3.8) is 0 Å². The third-order valence-electron chi connectivity index (χ3n) is 3.47. The molecular formula is C13H23N5O. The lowest BCUT2D eigenvalue weighted by Crippen LogP contribution is -2.26. The van der Waals surface area contributed by atoms with Crippen molar-refractivity contribution < 1.29 is 4.74 Å². The second kappa shape index (κ2) is 6.54. The molecule has 1 aliphatic carbocycles. The molecule has 2 rings (SSSR count). The van der Waals surface area contributed by atoms with Gasteiger partial charge in [0.15, 0.2) is 0 Å². The van der Waals surface area contributed by atoms with Crippen LogP contribution in [-0.2, 0) is 0 Å². The molecule has 0 saturated heterocycles. The molecular weight excluding hydrogens is 242 g/mol. The van der Waals surface area contributed by atoms with E-state index in [1.54, 1.807) is 7.11 Å². The highest BCUT2D eigenvalue weighted by Crippen LogP contribution is 2.26. The first-order valence-electron chi connectivity index (χ1n) is 6.98. The van der Waals surface area contributed by atoms with Gasteiger partial charge < -0.3 is 15.0 Å².